The van der Waals surface area contributed by atoms with E-state index in [0.717, 1.165) is 19.6 Å². The van der Waals surface area contributed by atoms with Gasteiger partial charge in [-0.3, -0.25) is 4.90 Å². The van der Waals surface area contributed by atoms with Crippen molar-refractivity contribution in [2.24, 2.45) is 0 Å². The third-order valence-electron chi connectivity index (χ3n) is 3.52. The Morgan fingerprint density at radius 1 is 1.00 bits per heavy atom. The van der Waals surface area contributed by atoms with E-state index >= 15 is 0 Å². The van der Waals surface area contributed by atoms with Crippen molar-refractivity contribution < 1.29 is 28.2 Å². The predicted octanol–water partition coefficient (Wildman–Crippen LogP) is 0.310. The maximum atomic E-state index is 11.7. The van der Waals surface area contributed by atoms with Gasteiger partial charge in [0.2, 0.25) is 10.0 Å². The second-order valence-electron chi connectivity index (χ2n) is 5.17. The van der Waals surface area contributed by atoms with Crippen LogP contribution in [0.1, 0.15) is 12.5 Å². The molecule has 1 aromatic rings. The Morgan fingerprint density at radius 3 is 1.92 bits per heavy atom. The lowest BCUT2D eigenvalue weighted by Gasteiger charge is -2.33. The number of aliphatic carboxylic acids is 2. The topological polar surface area (TPSA) is 115 Å². The van der Waals surface area contributed by atoms with Gasteiger partial charge in [0.15, 0.2) is 0 Å². The van der Waals surface area contributed by atoms with Crippen molar-refractivity contribution in [3.05, 3.63) is 35.9 Å². The van der Waals surface area contributed by atoms with Gasteiger partial charge in [0.25, 0.3) is 0 Å². The average molecular weight is 358 g/mol. The van der Waals surface area contributed by atoms with Crippen molar-refractivity contribution in [1.82, 2.24) is 9.21 Å². The Labute approximate surface area is 141 Å². The second kappa shape index (κ2) is 9.36. The van der Waals surface area contributed by atoms with Crippen molar-refractivity contribution in [3.63, 3.8) is 0 Å². The molecule has 2 rings (SSSR count). The van der Waals surface area contributed by atoms with E-state index in [9.17, 15) is 8.42 Å². The molecular weight excluding hydrogens is 336 g/mol. The number of piperazine rings is 1. The Morgan fingerprint density at radius 2 is 1.50 bits per heavy atom. The van der Waals surface area contributed by atoms with Crippen molar-refractivity contribution in [3.8, 4) is 0 Å². The molecule has 134 valence electrons. The first-order chi connectivity index (χ1) is 11.3. The highest BCUT2D eigenvalue weighted by Crippen LogP contribution is 2.11. The molecule has 0 aromatic heterocycles. The normalized spacial score (nSPS) is 16.0. The Kier molecular flexibility index (Phi) is 7.83. The van der Waals surface area contributed by atoms with Gasteiger partial charge in [0.1, 0.15) is 0 Å². The molecule has 2 N–H and O–H groups in total. The van der Waals surface area contributed by atoms with E-state index in [4.69, 9.17) is 19.8 Å². The molecule has 0 spiro atoms. The van der Waals surface area contributed by atoms with E-state index in [2.05, 4.69) is 17.0 Å². The quantitative estimate of drug-likeness (QED) is 0.744. The fourth-order valence-corrected chi connectivity index (χ4v) is 3.27. The highest BCUT2D eigenvalue weighted by atomic mass is 32.2. The van der Waals surface area contributed by atoms with Crippen LogP contribution < -0.4 is 0 Å². The number of hydrogen-bond acceptors (Lipinski definition) is 5. The lowest BCUT2D eigenvalue weighted by molar-refractivity contribution is -0.159. The molecule has 1 heterocycles. The van der Waals surface area contributed by atoms with Gasteiger partial charge >= 0.3 is 11.9 Å². The summed E-state index contributed by atoms with van der Waals surface area (Å²) in [5.41, 5.74) is 1.28. The summed E-state index contributed by atoms with van der Waals surface area (Å²) in [6, 6.07) is 10.3. The van der Waals surface area contributed by atoms with Crippen LogP contribution in [0.25, 0.3) is 0 Å². The van der Waals surface area contributed by atoms with E-state index in [0.29, 0.717) is 13.1 Å². The van der Waals surface area contributed by atoms with Gasteiger partial charge in [0.05, 0.1) is 5.75 Å². The first kappa shape index (κ1) is 20.1. The first-order valence-electron chi connectivity index (χ1n) is 7.46. The number of carbonyl (C=O) groups is 2. The zero-order valence-electron chi connectivity index (χ0n) is 13.5. The maximum Gasteiger partial charge on any atom is 0.414 e. The van der Waals surface area contributed by atoms with Crippen LogP contribution >= 0.6 is 0 Å². The summed E-state index contributed by atoms with van der Waals surface area (Å²) >= 11 is 0. The zero-order chi connectivity index (χ0) is 18.2. The second-order valence-corrected chi connectivity index (χ2v) is 7.43. The summed E-state index contributed by atoms with van der Waals surface area (Å²) in [6.07, 6.45) is 0. The van der Waals surface area contributed by atoms with Crippen molar-refractivity contribution in [1.29, 1.82) is 0 Å². The number of carboxylic acid groups (broad SMARTS) is 2. The highest BCUT2D eigenvalue weighted by Gasteiger charge is 2.25. The fourth-order valence-electron chi connectivity index (χ4n) is 2.19. The summed E-state index contributed by atoms with van der Waals surface area (Å²) in [4.78, 5) is 20.5. The fraction of sp³-hybridized carbons (Fsp3) is 0.467. The van der Waals surface area contributed by atoms with E-state index in [1.807, 2.05) is 18.2 Å². The van der Waals surface area contributed by atoms with E-state index in [1.54, 1.807) is 11.2 Å². The molecule has 1 fully saturated rings. The number of rotatable bonds is 4. The Bertz CT molecular complexity index is 627. The van der Waals surface area contributed by atoms with Crippen molar-refractivity contribution in [2.75, 3.05) is 31.9 Å². The van der Waals surface area contributed by atoms with Gasteiger partial charge < -0.3 is 10.2 Å². The van der Waals surface area contributed by atoms with Crippen molar-refractivity contribution in [2.45, 2.75) is 13.5 Å². The SMILES string of the molecule is CCS(=O)(=O)N1CCN(Cc2ccccc2)CC1.O=C(O)C(=O)O. The minimum atomic E-state index is -3.01. The largest absolute Gasteiger partial charge is 0.473 e. The lowest BCUT2D eigenvalue weighted by Crippen LogP contribution is -2.48. The first-order valence-corrected chi connectivity index (χ1v) is 9.07. The van der Waals surface area contributed by atoms with Gasteiger partial charge in [-0.05, 0) is 12.5 Å². The minimum absolute atomic E-state index is 0.200. The summed E-state index contributed by atoms with van der Waals surface area (Å²) in [7, 11) is -3.01. The number of benzene rings is 1. The Balaban J connectivity index is 0.000000413. The molecule has 0 saturated carbocycles. The summed E-state index contributed by atoms with van der Waals surface area (Å²) < 4.78 is 25.1. The zero-order valence-corrected chi connectivity index (χ0v) is 14.3. The van der Waals surface area contributed by atoms with Crippen LogP contribution in [0.15, 0.2) is 30.3 Å². The number of hydrogen-bond donors (Lipinski definition) is 2. The van der Waals surface area contributed by atoms with Crippen LogP contribution in [0.2, 0.25) is 0 Å². The molecule has 1 aromatic carbocycles. The van der Waals surface area contributed by atoms with Gasteiger partial charge in [0, 0.05) is 32.7 Å². The van der Waals surface area contributed by atoms with Crippen molar-refractivity contribution >= 4 is 22.0 Å². The predicted molar refractivity (Wildman–Crippen MR) is 88.0 cm³/mol. The van der Waals surface area contributed by atoms with Crippen LogP contribution in [0.5, 0.6) is 0 Å². The summed E-state index contributed by atoms with van der Waals surface area (Å²) in [5, 5.41) is 14.8. The molecule has 24 heavy (non-hydrogen) atoms. The maximum absolute atomic E-state index is 11.7. The number of carboxylic acids is 2. The van der Waals surface area contributed by atoms with Gasteiger partial charge in [-0.25, -0.2) is 18.0 Å². The number of nitrogens with zero attached hydrogens (tertiary/aromatic N) is 2. The monoisotopic (exact) mass is 358 g/mol. The standard InChI is InChI=1S/C13H20N2O2S.C2H2O4/c1-2-18(16,17)15-10-8-14(9-11-15)12-13-6-4-3-5-7-13;3-1(4)2(5)6/h3-7H,2,8-12H2,1H3;(H,3,4)(H,5,6). The van der Waals surface area contributed by atoms with E-state index < -0.39 is 22.0 Å². The molecule has 9 heteroatoms. The molecule has 0 unspecified atom stereocenters. The van der Waals surface area contributed by atoms with Crippen LogP contribution in [0.4, 0.5) is 0 Å². The van der Waals surface area contributed by atoms with Gasteiger partial charge in [-0.1, -0.05) is 30.3 Å². The molecule has 0 amide bonds. The lowest BCUT2D eigenvalue weighted by atomic mass is 10.2. The van der Waals surface area contributed by atoms with Crippen LogP contribution in [0.3, 0.4) is 0 Å². The van der Waals surface area contributed by atoms with Crippen LogP contribution in [-0.4, -0.2) is 71.7 Å². The molecule has 8 nitrogen and oxygen atoms in total. The molecule has 0 bridgehead atoms. The van der Waals surface area contributed by atoms with E-state index in [-0.39, 0.29) is 5.75 Å². The van der Waals surface area contributed by atoms with E-state index in [1.165, 1.54) is 5.56 Å². The molecule has 0 aliphatic carbocycles. The van der Waals surface area contributed by atoms with Crippen LogP contribution in [-0.2, 0) is 26.2 Å². The summed E-state index contributed by atoms with van der Waals surface area (Å²) in [6.45, 7) is 5.46. The molecule has 0 radical (unpaired) electrons. The number of sulfonamides is 1. The molecular formula is C15H22N2O6S. The van der Waals surface area contributed by atoms with Crippen LogP contribution in [0, 0.1) is 0 Å². The molecule has 0 atom stereocenters. The molecule has 1 aliphatic rings. The highest BCUT2D eigenvalue weighted by molar-refractivity contribution is 7.89. The molecule has 1 saturated heterocycles. The third-order valence-corrected chi connectivity index (χ3v) is 5.40. The smallest absolute Gasteiger partial charge is 0.414 e. The Hall–Kier alpha value is -1.97. The summed E-state index contributed by atoms with van der Waals surface area (Å²) in [5.74, 6) is -3.45. The third kappa shape index (κ3) is 6.65. The van der Waals surface area contributed by atoms with Gasteiger partial charge in [-0.2, -0.15) is 4.31 Å². The van der Waals surface area contributed by atoms with Gasteiger partial charge in [-0.15, -0.1) is 0 Å². The average Bonchev–Trinajstić information content (AvgIpc) is 2.57. The molecule has 1 aliphatic heterocycles. The minimum Gasteiger partial charge on any atom is -0.473 e.